The van der Waals surface area contributed by atoms with Crippen LogP contribution in [0.2, 0.25) is 0 Å². The van der Waals surface area contributed by atoms with Crippen molar-refractivity contribution < 1.29 is 27.4 Å². The third kappa shape index (κ3) is 6.90. The van der Waals surface area contributed by atoms with E-state index in [2.05, 4.69) is 26.7 Å². The number of rotatable bonds is 8. The zero-order chi connectivity index (χ0) is 21.7. The molecule has 2 heterocycles. The summed E-state index contributed by atoms with van der Waals surface area (Å²) < 4.78 is 51.3. The molecular weight excluding hydrogens is 409 g/mol. The van der Waals surface area contributed by atoms with Crippen LogP contribution in [-0.4, -0.2) is 63.3 Å². The van der Waals surface area contributed by atoms with Gasteiger partial charge in [0.05, 0.1) is 6.61 Å². The number of hydrogen-bond acceptors (Lipinski definition) is 5. The molecule has 2 aliphatic heterocycles. The average Bonchev–Trinajstić information content (AvgIpc) is 3.58. The van der Waals surface area contributed by atoms with E-state index in [9.17, 15) is 13.2 Å². The van der Waals surface area contributed by atoms with Crippen LogP contribution in [0.25, 0.3) is 6.08 Å². The van der Waals surface area contributed by atoms with Crippen LogP contribution in [0.1, 0.15) is 5.56 Å². The van der Waals surface area contributed by atoms with Gasteiger partial charge in [-0.15, -0.1) is 13.2 Å². The quantitative estimate of drug-likeness (QED) is 0.583. The van der Waals surface area contributed by atoms with Gasteiger partial charge in [-0.05, 0) is 42.0 Å². The molecule has 1 atom stereocenters. The summed E-state index contributed by atoms with van der Waals surface area (Å²) in [6.45, 7) is 5.96. The number of benzene rings is 2. The van der Waals surface area contributed by atoms with E-state index in [4.69, 9.17) is 9.47 Å². The molecule has 0 spiro atoms. The van der Waals surface area contributed by atoms with Gasteiger partial charge in [0.1, 0.15) is 24.2 Å². The number of halogens is 3. The van der Waals surface area contributed by atoms with Crippen LogP contribution in [-0.2, 0) is 4.74 Å². The van der Waals surface area contributed by atoms with Gasteiger partial charge in [-0.2, -0.15) is 0 Å². The van der Waals surface area contributed by atoms with Crippen LogP contribution in [0.5, 0.6) is 11.5 Å². The molecule has 0 aromatic heterocycles. The summed E-state index contributed by atoms with van der Waals surface area (Å²) in [6.07, 6.45) is -0.467. The van der Waals surface area contributed by atoms with Crippen molar-refractivity contribution >= 4 is 11.8 Å². The number of nitrogens with zero attached hydrogens (tertiary/aromatic N) is 2. The number of epoxide rings is 1. The van der Waals surface area contributed by atoms with Crippen LogP contribution >= 0.6 is 0 Å². The van der Waals surface area contributed by atoms with Gasteiger partial charge in [-0.25, -0.2) is 0 Å². The minimum absolute atomic E-state index is 0.211. The maximum absolute atomic E-state index is 12.2. The van der Waals surface area contributed by atoms with E-state index >= 15 is 0 Å². The second kappa shape index (κ2) is 9.62. The molecule has 4 rings (SSSR count). The number of piperazine rings is 1. The molecule has 2 fully saturated rings. The first-order chi connectivity index (χ1) is 14.9. The fourth-order valence-corrected chi connectivity index (χ4v) is 3.41. The molecule has 0 radical (unpaired) electrons. The largest absolute Gasteiger partial charge is 0.573 e. The first-order valence-corrected chi connectivity index (χ1v) is 10.3. The number of alkyl halides is 3. The zero-order valence-electron chi connectivity index (χ0n) is 17.1. The Kier molecular flexibility index (Phi) is 6.67. The van der Waals surface area contributed by atoms with Crippen LogP contribution in [0, 0.1) is 0 Å². The van der Waals surface area contributed by atoms with Crippen LogP contribution in [0.4, 0.5) is 18.9 Å². The van der Waals surface area contributed by atoms with Gasteiger partial charge in [-0.3, -0.25) is 4.90 Å². The Labute approximate surface area is 179 Å². The number of hydrogen-bond donors (Lipinski definition) is 0. The van der Waals surface area contributed by atoms with Gasteiger partial charge in [0.25, 0.3) is 0 Å². The monoisotopic (exact) mass is 434 g/mol. The molecular formula is C23H25F3N2O3. The predicted octanol–water partition coefficient (Wildman–Crippen LogP) is 4.20. The normalized spacial score (nSPS) is 19.6. The highest BCUT2D eigenvalue weighted by Gasteiger charge is 2.30. The lowest BCUT2D eigenvalue weighted by Crippen LogP contribution is -2.46. The lowest BCUT2D eigenvalue weighted by atomic mass is 10.2. The lowest BCUT2D eigenvalue weighted by Gasteiger charge is -2.35. The van der Waals surface area contributed by atoms with E-state index in [0.29, 0.717) is 6.61 Å². The Balaban J connectivity index is 1.19. The fourth-order valence-electron chi connectivity index (χ4n) is 3.41. The molecule has 0 aliphatic carbocycles. The summed E-state index contributed by atoms with van der Waals surface area (Å²) in [4.78, 5) is 4.70. The molecule has 0 saturated carbocycles. The average molecular weight is 434 g/mol. The first-order valence-electron chi connectivity index (χ1n) is 10.3. The van der Waals surface area contributed by atoms with Crippen molar-refractivity contribution in [3.63, 3.8) is 0 Å². The van der Waals surface area contributed by atoms with E-state index in [0.717, 1.165) is 50.6 Å². The van der Waals surface area contributed by atoms with Gasteiger partial charge in [-0.1, -0.05) is 24.3 Å². The van der Waals surface area contributed by atoms with Gasteiger partial charge in [0.15, 0.2) is 0 Å². The molecule has 2 saturated heterocycles. The van der Waals surface area contributed by atoms with Crippen LogP contribution < -0.4 is 14.4 Å². The maximum atomic E-state index is 12.2. The lowest BCUT2D eigenvalue weighted by molar-refractivity contribution is -0.274. The van der Waals surface area contributed by atoms with Crippen molar-refractivity contribution in [2.75, 3.05) is 50.8 Å². The van der Waals surface area contributed by atoms with E-state index in [1.807, 2.05) is 24.3 Å². The highest BCUT2D eigenvalue weighted by Crippen LogP contribution is 2.24. The first kappa shape index (κ1) is 21.5. The standard InChI is InChI=1S/C23H25F3N2O3/c24-23(25,26)31-21-7-3-18(4-8-21)2-1-11-27-12-14-28(15-13-27)19-5-9-20(10-6-19)29-16-22-17-30-22/h1-10,22H,11-17H2/t22-/m0/s1. The summed E-state index contributed by atoms with van der Waals surface area (Å²) >= 11 is 0. The molecule has 166 valence electrons. The Morgan fingerprint density at radius 3 is 2.19 bits per heavy atom. The molecule has 0 amide bonds. The van der Waals surface area contributed by atoms with Crippen molar-refractivity contribution in [1.29, 1.82) is 0 Å². The number of ether oxygens (including phenoxy) is 3. The Morgan fingerprint density at radius 2 is 1.58 bits per heavy atom. The van der Waals surface area contributed by atoms with Gasteiger partial charge >= 0.3 is 6.36 Å². The summed E-state index contributed by atoms with van der Waals surface area (Å²) in [6, 6.07) is 14.0. The second-order valence-corrected chi connectivity index (χ2v) is 7.57. The van der Waals surface area contributed by atoms with Crippen molar-refractivity contribution in [2.45, 2.75) is 12.5 Å². The Hall–Kier alpha value is -2.71. The third-order valence-electron chi connectivity index (χ3n) is 5.20. The van der Waals surface area contributed by atoms with E-state index < -0.39 is 6.36 Å². The van der Waals surface area contributed by atoms with Gasteiger partial charge in [0, 0.05) is 38.4 Å². The molecule has 0 N–H and O–H groups in total. The van der Waals surface area contributed by atoms with Crippen molar-refractivity contribution in [1.82, 2.24) is 4.90 Å². The summed E-state index contributed by atoms with van der Waals surface area (Å²) in [7, 11) is 0. The molecule has 31 heavy (non-hydrogen) atoms. The van der Waals surface area contributed by atoms with E-state index in [-0.39, 0.29) is 11.9 Å². The van der Waals surface area contributed by atoms with Crippen LogP contribution in [0.15, 0.2) is 54.6 Å². The smallest absolute Gasteiger partial charge is 0.491 e. The predicted molar refractivity (Wildman–Crippen MR) is 112 cm³/mol. The molecule has 0 unspecified atom stereocenters. The number of anilines is 1. The van der Waals surface area contributed by atoms with Gasteiger partial charge < -0.3 is 19.1 Å². The minimum Gasteiger partial charge on any atom is -0.491 e. The second-order valence-electron chi connectivity index (χ2n) is 7.57. The Morgan fingerprint density at radius 1 is 0.935 bits per heavy atom. The molecule has 8 heteroatoms. The summed E-state index contributed by atoms with van der Waals surface area (Å²) in [5.74, 6) is 0.651. The van der Waals surface area contributed by atoms with E-state index in [1.54, 1.807) is 12.1 Å². The molecule has 2 aromatic rings. The van der Waals surface area contributed by atoms with Crippen molar-refractivity contribution in [3.8, 4) is 11.5 Å². The SMILES string of the molecule is FC(F)(F)Oc1ccc(C=CCN2CCN(c3ccc(OC[C@H]4CO4)cc3)CC2)cc1. The van der Waals surface area contributed by atoms with Crippen LogP contribution in [0.3, 0.4) is 0 Å². The fraction of sp³-hybridized carbons (Fsp3) is 0.391. The molecule has 2 aliphatic rings. The summed E-state index contributed by atoms with van der Waals surface area (Å²) in [5, 5.41) is 0. The highest BCUT2D eigenvalue weighted by atomic mass is 19.4. The summed E-state index contributed by atoms with van der Waals surface area (Å²) in [5.41, 5.74) is 2.02. The van der Waals surface area contributed by atoms with E-state index in [1.165, 1.54) is 17.8 Å². The minimum atomic E-state index is -4.67. The van der Waals surface area contributed by atoms with Gasteiger partial charge in [0.2, 0.25) is 0 Å². The molecule has 5 nitrogen and oxygen atoms in total. The topological polar surface area (TPSA) is 37.5 Å². The maximum Gasteiger partial charge on any atom is 0.573 e. The molecule has 0 bridgehead atoms. The van der Waals surface area contributed by atoms with Crippen molar-refractivity contribution in [2.24, 2.45) is 0 Å². The zero-order valence-corrected chi connectivity index (χ0v) is 17.1. The van der Waals surface area contributed by atoms with Crippen molar-refractivity contribution in [3.05, 3.63) is 60.2 Å². The highest BCUT2D eigenvalue weighted by molar-refractivity contribution is 5.51. The molecule has 2 aromatic carbocycles. The third-order valence-corrected chi connectivity index (χ3v) is 5.20. The Bertz CT molecular complexity index is 857.